The van der Waals surface area contributed by atoms with Gasteiger partial charge in [-0.25, -0.2) is 4.79 Å². The van der Waals surface area contributed by atoms with Crippen LogP contribution in [0.5, 0.6) is 0 Å². The van der Waals surface area contributed by atoms with Crippen LogP contribution in [0.1, 0.15) is 5.56 Å². The van der Waals surface area contributed by atoms with Crippen molar-refractivity contribution in [3.63, 3.8) is 0 Å². The van der Waals surface area contributed by atoms with E-state index in [4.69, 9.17) is 0 Å². The molecular formula is C9H10N2O3. The Morgan fingerprint density at radius 3 is 2.79 bits per heavy atom. The minimum Gasteiger partial charge on any atom is -0.462 e. The van der Waals surface area contributed by atoms with Gasteiger partial charge >= 0.3 is 11.9 Å². The molecule has 74 valence electrons. The molecule has 1 N–H and O–H groups in total. The summed E-state index contributed by atoms with van der Waals surface area (Å²) >= 11 is 0. The second-order valence-electron chi connectivity index (χ2n) is 2.64. The van der Waals surface area contributed by atoms with Crippen LogP contribution in [0, 0.1) is 6.92 Å². The molecule has 0 bridgehead atoms. The van der Waals surface area contributed by atoms with Crippen LogP contribution in [-0.4, -0.2) is 24.0 Å². The van der Waals surface area contributed by atoms with E-state index in [0.717, 1.165) is 12.7 Å². The van der Waals surface area contributed by atoms with Crippen LogP contribution in [0.15, 0.2) is 18.5 Å². The minimum atomic E-state index is -0.916. The second kappa shape index (κ2) is 4.36. The molecule has 14 heavy (non-hydrogen) atoms. The first-order valence-corrected chi connectivity index (χ1v) is 3.95. The van der Waals surface area contributed by atoms with Gasteiger partial charge in [0.1, 0.15) is 0 Å². The lowest BCUT2D eigenvalue weighted by Gasteiger charge is -2.05. The van der Waals surface area contributed by atoms with Crippen molar-refractivity contribution in [3.8, 4) is 0 Å². The number of esters is 1. The van der Waals surface area contributed by atoms with Crippen molar-refractivity contribution in [2.75, 3.05) is 12.4 Å². The summed E-state index contributed by atoms with van der Waals surface area (Å²) in [5, 5.41) is 2.41. The fourth-order valence-corrected chi connectivity index (χ4v) is 0.880. The summed E-state index contributed by atoms with van der Waals surface area (Å²) in [6.45, 7) is 1.78. The summed E-state index contributed by atoms with van der Waals surface area (Å²) in [4.78, 5) is 25.7. The Balaban J connectivity index is 2.75. The number of ether oxygens (including phenoxy) is 1. The molecular weight excluding hydrogens is 184 g/mol. The number of nitrogens with zero attached hydrogens (tertiary/aromatic N) is 1. The van der Waals surface area contributed by atoms with Crippen molar-refractivity contribution in [1.82, 2.24) is 4.98 Å². The van der Waals surface area contributed by atoms with E-state index in [-0.39, 0.29) is 0 Å². The van der Waals surface area contributed by atoms with E-state index < -0.39 is 11.9 Å². The Labute approximate surface area is 81.1 Å². The minimum absolute atomic E-state index is 0.551. The summed E-state index contributed by atoms with van der Waals surface area (Å²) in [5.41, 5.74) is 1.33. The van der Waals surface area contributed by atoms with Crippen LogP contribution in [0.4, 0.5) is 5.69 Å². The van der Waals surface area contributed by atoms with Crippen molar-refractivity contribution >= 4 is 17.6 Å². The lowest BCUT2D eigenvalue weighted by atomic mass is 10.2. The number of rotatable bonds is 1. The molecule has 1 rings (SSSR count). The van der Waals surface area contributed by atoms with Gasteiger partial charge in [-0.15, -0.1) is 0 Å². The number of methoxy groups -OCH3 is 1. The monoisotopic (exact) mass is 194 g/mol. The molecule has 0 spiro atoms. The molecule has 1 aromatic rings. The van der Waals surface area contributed by atoms with E-state index in [9.17, 15) is 9.59 Å². The standard InChI is InChI=1S/C9H10N2O3/c1-6-5-10-4-3-7(6)11-8(12)9(13)14-2/h3-5H,1-2H3,(H,10,11,12). The zero-order chi connectivity index (χ0) is 10.6. The van der Waals surface area contributed by atoms with Gasteiger partial charge in [0.25, 0.3) is 0 Å². The number of amides is 1. The van der Waals surface area contributed by atoms with Gasteiger partial charge in [-0.05, 0) is 18.6 Å². The van der Waals surface area contributed by atoms with Crippen molar-refractivity contribution in [2.45, 2.75) is 6.92 Å². The van der Waals surface area contributed by atoms with Crippen LogP contribution >= 0.6 is 0 Å². The lowest BCUT2D eigenvalue weighted by Crippen LogP contribution is -2.24. The number of nitrogens with one attached hydrogen (secondary N) is 1. The van der Waals surface area contributed by atoms with Crippen LogP contribution < -0.4 is 5.32 Å². The number of pyridine rings is 1. The molecule has 1 heterocycles. The van der Waals surface area contributed by atoms with Gasteiger partial charge in [0.15, 0.2) is 0 Å². The van der Waals surface area contributed by atoms with Crippen LogP contribution in [0.25, 0.3) is 0 Å². The van der Waals surface area contributed by atoms with E-state index in [1.165, 1.54) is 6.20 Å². The van der Waals surface area contributed by atoms with Gasteiger partial charge in [0.05, 0.1) is 7.11 Å². The van der Waals surface area contributed by atoms with Gasteiger partial charge in [0, 0.05) is 18.1 Å². The van der Waals surface area contributed by atoms with Crippen molar-refractivity contribution < 1.29 is 14.3 Å². The highest BCUT2D eigenvalue weighted by atomic mass is 16.5. The van der Waals surface area contributed by atoms with Gasteiger partial charge in [0.2, 0.25) is 0 Å². The maximum Gasteiger partial charge on any atom is 0.396 e. The first-order chi connectivity index (χ1) is 6.65. The zero-order valence-corrected chi connectivity index (χ0v) is 7.90. The molecule has 0 atom stereocenters. The van der Waals surface area contributed by atoms with Crippen molar-refractivity contribution in [2.24, 2.45) is 0 Å². The summed E-state index contributed by atoms with van der Waals surface area (Å²) in [7, 11) is 1.15. The van der Waals surface area contributed by atoms with E-state index in [1.54, 1.807) is 19.2 Å². The number of carbonyl (C=O) groups excluding carboxylic acids is 2. The smallest absolute Gasteiger partial charge is 0.396 e. The predicted molar refractivity (Wildman–Crippen MR) is 49.6 cm³/mol. The number of aromatic nitrogens is 1. The van der Waals surface area contributed by atoms with E-state index >= 15 is 0 Å². The zero-order valence-electron chi connectivity index (χ0n) is 7.90. The lowest BCUT2D eigenvalue weighted by molar-refractivity contribution is -0.150. The molecule has 0 aliphatic heterocycles. The third-order valence-electron chi connectivity index (χ3n) is 1.64. The average molecular weight is 194 g/mol. The molecule has 0 saturated heterocycles. The maximum absolute atomic E-state index is 11.1. The highest BCUT2D eigenvalue weighted by Gasteiger charge is 2.14. The summed E-state index contributed by atoms with van der Waals surface area (Å²) < 4.78 is 4.26. The first kappa shape index (κ1) is 10.2. The molecule has 0 unspecified atom stereocenters. The topological polar surface area (TPSA) is 68.3 Å². The summed E-state index contributed by atoms with van der Waals surface area (Å²) in [6.07, 6.45) is 3.12. The molecule has 5 heteroatoms. The molecule has 0 aliphatic carbocycles. The quantitative estimate of drug-likeness (QED) is 0.522. The van der Waals surface area contributed by atoms with Gasteiger partial charge in [-0.1, -0.05) is 0 Å². The predicted octanol–water partition coefficient (Wildman–Crippen LogP) is 0.502. The first-order valence-electron chi connectivity index (χ1n) is 3.95. The fraction of sp³-hybridized carbons (Fsp3) is 0.222. The molecule has 0 saturated carbocycles. The molecule has 0 fully saturated rings. The summed E-state index contributed by atoms with van der Waals surface area (Å²) in [6, 6.07) is 1.61. The largest absolute Gasteiger partial charge is 0.462 e. The normalized spacial score (nSPS) is 9.29. The molecule has 1 aromatic heterocycles. The van der Waals surface area contributed by atoms with Crippen LogP contribution in [-0.2, 0) is 14.3 Å². The number of hydrogen-bond donors (Lipinski definition) is 1. The second-order valence-corrected chi connectivity index (χ2v) is 2.64. The molecule has 0 aromatic carbocycles. The molecule has 0 aliphatic rings. The SMILES string of the molecule is COC(=O)C(=O)Nc1ccncc1C. The van der Waals surface area contributed by atoms with Crippen LogP contribution in [0.2, 0.25) is 0 Å². The third kappa shape index (κ3) is 2.29. The van der Waals surface area contributed by atoms with E-state index in [2.05, 4.69) is 15.0 Å². The Bertz CT molecular complexity index is 363. The number of carbonyl (C=O) groups is 2. The van der Waals surface area contributed by atoms with E-state index in [1.807, 2.05) is 0 Å². The maximum atomic E-state index is 11.1. The Morgan fingerprint density at radius 2 is 2.21 bits per heavy atom. The Hall–Kier alpha value is -1.91. The Kier molecular flexibility index (Phi) is 3.17. The summed E-state index contributed by atoms with van der Waals surface area (Å²) in [5.74, 6) is -1.71. The fourth-order valence-electron chi connectivity index (χ4n) is 0.880. The van der Waals surface area contributed by atoms with Gasteiger partial charge < -0.3 is 10.1 Å². The van der Waals surface area contributed by atoms with Crippen LogP contribution in [0.3, 0.4) is 0 Å². The molecule has 5 nitrogen and oxygen atoms in total. The van der Waals surface area contributed by atoms with Crippen molar-refractivity contribution in [1.29, 1.82) is 0 Å². The number of anilines is 1. The van der Waals surface area contributed by atoms with Crippen molar-refractivity contribution in [3.05, 3.63) is 24.0 Å². The van der Waals surface area contributed by atoms with Gasteiger partial charge in [-0.3, -0.25) is 9.78 Å². The highest BCUT2D eigenvalue weighted by molar-refractivity contribution is 6.37. The van der Waals surface area contributed by atoms with E-state index in [0.29, 0.717) is 5.69 Å². The molecule has 0 radical (unpaired) electrons. The van der Waals surface area contributed by atoms with Gasteiger partial charge in [-0.2, -0.15) is 0 Å². The highest BCUT2D eigenvalue weighted by Crippen LogP contribution is 2.11. The Morgan fingerprint density at radius 1 is 1.50 bits per heavy atom. The average Bonchev–Trinajstić information content (AvgIpc) is 2.20. The third-order valence-corrected chi connectivity index (χ3v) is 1.64. The number of aryl methyl sites for hydroxylation is 1. The molecule has 1 amide bonds. The number of hydrogen-bond acceptors (Lipinski definition) is 4.